The molecule has 1 aliphatic heterocycles. The minimum Gasteiger partial charge on any atom is -0.489 e. The zero-order chi connectivity index (χ0) is 14.2. The van der Waals surface area contributed by atoms with Gasteiger partial charge in [-0.2, -0.15) is 0 Å². The lowest BCUT2D eigenvalue weighted by molar-refractivity contribution is 0.297. The van der Waals surface area contributed by atoms with Gasteiger partial charge in [-0.25, -0.2) is 4.98 Å². The van der Waals surface area contributed by atoms with Gasteiger partial charge in [0.2, 0.25) is 0 Å². The van der Waals surface area contributed by atoms with E-state index in [4.69, 9.17) is 15.2 Å². The van der Waals surface area contributed by atoms with E-state index in [9.17, 15) is 0 Å². The number of hydrogen-bond acceptors (Lipinski definition) is 5. The molecule has 0 saturated heterocycles. The zero-order valence-corrected chi connectivity index (χ0v) is 12.2. The van der Waals surface area contributed by atoms with Crippen molar-refractivity contribution in [2.45, 2.75) is 12.5 Å². The van der Waals surface area contributed by atoms with Crippen LogP contribution in [0.25, 0.3) is 11.0 Å². The normalized spacial score (nSPS) is 15.9. The van der Waals surface area contributed by atoms with Crippen LogP contribution < -0.4 is 15.2 Å². The number of fused-ring (bicyclic) bond motifs is 2. The number of aromatic nitrogens is 2. The molecular formula is C15H15N3O2S. The summed E-state index contributed by atoms with van der Waals surface area (Å²) in [6.07, 6.45) is 0.893. The number of hydrogen-bond donors (Lipinski definition) is 2. The Kier molecular flexibility index (Phi) is 3.05. The van der Waals surface area contributed by atoms with Crippen LogP contribution in [-0.2, 0) is 0 Å². The van der Waals surface area contributed by atoms with Crippen molar-refractivity contribution < 1.29 is 9.47 Å². The smallest absolute Gasteiger partial charge is 0.163 e. The number of H-pyrrole nitrogens is 1. The number of rotatable bonds is 2. The number of nitrogens with one attached hydrogen (secondary N) is 1. The van der Waals surface area contributed by atoms with Crippen LogP contribution in [-0.4, -0.2) is 23.2 Å². The fourth-order valence-corrected chi connectivity index (χ4v) is 3.17. The Bertz CT molecular complexity index is 724. The summed E-state index contributed by atoms with van der Waals surface area (Å²) in [5, 5.41) is 2.02. The summed E-state index contributed by atoms with van der Waals surface area (Å²) in [5.41, 5.74) is 8.02. The molecule has 1 aliphatic rings. The monoisotopic (exact) mass is 301 g/mol. The number of ether oxygens (including phenoxy) is 2. The third-order valence-corrected chi connectivity index (χ3v) is 4.47. The number of thiophene rings is 1. The van der Waals surface area contributed by atoms with E-state index in [0.717, 1.165) is 39.7 Å². The molecule has 0 aliphatic carbocycles. The van der Waals surface area contributed by atoms with Crippen LogP contribution in [0.3, 0.4) is 0 Å². The first-order valence-corrected chi connectivity index (χ1v) is 7.77. The molecule has 3 aromatic rings. The second-order valence-corrected chi connectivity index (χ2v) is 5.96. The summed E-state index contributed by atoms with van der Waals surface area (Å²) in [5.74, 6) is 2.27. The van der Waals surface area contributed by atoms with Crippen LogP contribution in [0.5, 0.6) is 11.5 Å². The predicted octanol–water partition coefficient (Wildman–Crippen LogP) is 2.83. The summed E-state index contributed by atoms with van der Waals surface area (Å²) in [6, 6.07) is 7.63. The standard InChI is InChI=1S/C15H15N3O2S/c16-14(13-3-1-6-21-13)15-17-9-7-11-12(8-10(9)18-15)20-5-2-4-19-11/h1,3,6-8,14H,2,4-5,16H2,(H,17,18). The molecule has 0 spiro atoms. The van der Waals surface area contributed by atoms with Crippen LogP contribution >= 0.6 is 11.3 Å². The quantitative estimate of drug-likeness (QED) is 0.763. The van der Waals surface area contributed by atoms with Gasteiger partial charge in [0, 0.05) is 23.4 Å². The molecule has 4 rings (SSSR count). The highest BCUT2D eigenvalue weighted by molar-refractivity contribution is 7.10. The van der Waals surface area contributed by atoms with E-state index in [1.165, 1.54) is 0 Å². The summed E-state index contributed by atoms with van der Waals surface area (Å²) in [7, 11) is 0. The molecule has 5 nitrogen and oxygen atoms in total. The summed E-state index contributed by atoms with van der Waals surface area (Å²) < 4.78 is 11.4. The topological polar surface area (TPSA) is 73.2 Å². The van der Waals surface area contributed by atoms with Gasteiger partial charge in [-0.1, -0.05) is 6.07 Å². The highest BCUT2D eigenvalue weighted by Crippen LogP contribution is 2.34. The van der Waals surface area contributed by atoms with E-state index in [1.54, 1.807) is 11.3 Å². The molecule has 21 heavy (non-hydrogen) atoms. The largest absolute Gasteiger partial charge is 0.489 e. The molecule has 3 N–H and O–H groups in total. The molecule has 1 aromatic carbocycles. The van der Waals surface area contributed by atoms with E-state index in [1.807, 2.05) is 29.6 Å². The first kappa shape index (κ1) is 12.7. The van der Waals surface area contributed by atoms with Crippen LogP contribution in [0.1, 0.15) is 23.2 Å². The van der Waals surface area contributed by atoms with Gasteiger partial charge in [0.25, 0.3) is 0 Å². The Morgan fingerprint density at radius 3 is 2.81 bits per heavy atom. The number of benzene rings is 1. The maximum Gasteiger partial charge on any atom is 0.163 e. The average molecular weight is 301 g/mol. The van der Waals surface area contributed by atoms with Crippen molar-refractivity contribution in [3.63, 3.8) is 0 Å². The van der Waals surface area contributed by atoms with Gasteiger partial charge in [-0.05, 0) is 11.4 Å². The third-order valence-electron chi connectivity index (χ3n) is 3.51. The summed E-state index contributed by atoms with van der Waals surface area (Å²) in [6.45, 7) is 1.35. The van der Waals surface area contributed by atoms with E-state index in [2.05, 4.69) is 9.97 Å². The van der Waals surface area contributed by atoms with Gasteiger partial charge in [0.1, 0.15) is 5.82 Å². The number of nitrogens with two attached hydrogens (primary N) is 1. The van der Waals surface area contributed by atoms with E-state index in [-0.39, 0.29) is 6.04 Å². The van der Waals surface area contributed by atoms with Gasteiger partial charge >= 0.3 is 0 Å². The molecule has 0 bridgehead atoms. The van der Waals surface area contributed by atoms with Crippen LogP contribution in [0.15, 0.2) is 29.6 Å². The molecule has 108 valence electrons. The van der Waals surface area contributed by atoms with Gasteiger partial charge < -0.3 is 20.2 Å². The molecule has 1 atom stereocenters. The van der Waals surface area contributed by atoms with Crippen molar-refractivity contribution in [2.24, 2.45) is 5.73 Å². The molecule has 2 aromatic heterocycles. The first-order valence-electron chi connectivity index (χ1n) is 6.89. The second-order valence-electron chi connectivity index (χ2n) is 4.98. The lowest BCUT2D eigenvalue weighted by Gasteiger charge is -2.05. The molecule has 0 fully saturated rings. The van der Waals surface area contributed by atoms with Crippen molar-refractivity contribution in [3.8, 4) is 11.5 Å². The SMILES string of the molecule is NC(c1nc2cc3c(cc2[nH]1)OCCCO3)c1cccs1. The fourth-order valence-electron chi connectivity index (χ4n) is 2.44. The van der Waals surface area contributed by atoms with Gasteiger partial charge in [-0.3, -0.25) is 0 Å². The van der Waals surface area contributed by atoms with Crippen molar-refractivity contribution >= 4 is 22.4 Å². The van der Waals surface area contributed by atoms with E-state index >= 15 is 0 Å². The Balaban J connectivity index is 1.76. The lowest BCUT2D eigenvalue weighted by atomic mass is 10.2. The molecule has 6 heteroatoms. The Hall–Kier alpha value is -2.05. The fraction of sp³-hybridized carbons (Fsp3) is 0.267. The third kappa shape index (κ3) is 2.26. The van der Waals surface area contributed by atoms with E-state index in [0.29, 0.717) is 13.2 Å². The van der Waals surface area contributed by atoms with Crippen molar-refractivity contribution in [2.75, 3.05) is 13.2 Å². The summed E-state index contributed by atoms with van der Waals surface area (Å²) in [4.78, 5) is 8.97. The zero-order valence-electron chi connectivity index (χ0n) is 11.3. The second kappa shape index (κ2) is 5.05. The minimum atomic E-state index is -0.237. The number of imidazole rings is 1. The molecule has 0 amide bonds. The maximum atomic E-state index is 6.26. The highest BCUT2D eigenvalue weighted by atomic mass is 32.1. The molecular weight excluding hydrogens is 286 g/mol. The van der Waals surface area contributed by atoms with E-state index < -0.39 is 0 Å². The Morgan fingerprint density at radius 2 is 2.05 bits per heavy atom. The van der Waals surface area contributed by atoms with Gasteiger partial charge in [0.15, 0.2) is 11.5 Å². The number of aromatic amines is 1. The Labute approximate surface area is 125 Å². The minimum absolute atomic E-state index is 0.237. The maximum absolute atomic E-state index is 6.26. The Morgan fingerprint density at radius 1 is 1.24 bits per heavy atom. The van der Waals surface area contributed by atoms with Gasteiger partial charge in [-0.15, -0.1) is 11.3 Å². The van der Waals surface area contributed by atoms with Crippen LogP contribution in [0.4, 0.5) is 0 Å². The predicted molar refractivity (Wildman–Crippen MR) is 82.1 cm³/mol. The van der Waals surface area contributed by atoms with Crippen molar-refractivity contribution in [1.29, 1.82) is 0 Å². The van der Waals surface area contributed by atoms with Crippen molar-refractivity contribution in [1.82, 2.24) is 9.97 Å². The lowest BCUT2D eigenvalue weighted by Crippen LogP contribution is -2.11. The first-order chi connectivity index (χ1) is 10.3. The number of nitrogens with zero attached hydrogens (tertiary/aromatic N) is 1. The summed E-state index contributed by atoms with van der Waals surface area (Å²) >= 11 is 1.63. The molecule has 1 unspecified atom stereocenters. The molecule has 0 saturated carbocycles. The van der Waals surface area contributed by atoms with Crippen LogP contribution in [0, 0.1) is 0 Å². The van der Waals surface area contributed by atoms with Crippen molar-refractivity contribution in [3.05, 3.63) is 40.3 Å². The molecule has 3 heterocycles. The highest BCUT2D eigenvalue weighted by Gasteiger charge is 2.17. The van der Waals surface area contributed by atoms with Crippen LogP contribution in [0.2, 0.25) is 0 Å². The molecule has 0 radical (unpaired) electrons. The van der Waals surface area contributed by atoms with Gasteiger partial charge in [0.05, 0.1) is 30.3 Å². The average Bonchev–Trinajstić information content (AvgIpc) is 3.10.